The van der Waals surface area contributed by atoms with Crippen molar-refractivity contribution in [3.05, 3.63) is 22.7 Å². The van der Waals surface area contributed by atoms with Crippen molar-refractivity contribution in [1.29, 1.82) is 0 Å². The number of hydrazine groups is 2. The van der Waals surface area contributed by atoms with Crippen LogP contribution >= 0.6 is 11.6 Å². The SMILES string of the molecule is CC(C)OC(=O)Nc1c(OC(F)(F)F)ccc(C(=O)NC2=NNNN2C)c1Cl. The van der Waals surface area contributed by atoms with E-state index in [0.29, 0.717) is 0 Å². The Balaban J connectivity index is 2.35. The molecule has 1 aromatic rings. The Labute approximate surface area is 161 Å². The van der Waals surface area contributed by atoms with Crippen LogP contribution in [-0.2, 0) is 4.74 Å². The van der Waals surface area contributed by atoms with Gasteiger partial charge in [0.05, 0.1) is 16.7 Å². The minimum absolute atomic E-state index is 0.0745. The van der Waals surface area contributed by atoms with Gasteiger partial charge in [0, 0.05) is 7.05 Å². The molecule has 0 spiro atoms. The number of halogens is 4. The van der Waals surface area contributed by atoms with Gasteiger partial charge in [0.15, 0.2) is 5.75 Å². The van der Waals surface area contributed by atoms with Crippen molar-refractivity contribution in [2.75, 3.05) is 12.4 Å². The quantitative estimate of drug-likeness (QED) is 0.585. The smallest absolute Gasteiger partial charge is 0.447 e. The fourth-order valence-electron chi connectivity index (χ4n) is 1.97. The van der Waals surface area contributed by atoms with Gasteiger partial charge in [0.1, 0.15) is 5.69 Å². The number of nitrogens with zero attached hydrogens (tertiary/aromatic N) is 2. The normalized spacial score (nSPS) is 13.7. The van der Waals surface area contributed by atoms with E-state index >= 15 is 0 Å². The second-order valence-corrected chi connectivity index (χ2v) is 5.98. The van der Waals surface area contributed by atoms with Gasteiger partial charge < -0.3 is 9.47 Å². The summed E-state index contributed by atoms with van der Waals surface area (Å²) in [7, 11) is 1.54. The highest BCUT2D eigenvalue weighted by atomic mass is 35.5. The average Bonchev–Trinajstić information content (AvgIpc) is 2.93. The fourth-order valence-corrected chi connectivity index (χ4v) is 2.26. The minimum Gasteiger partial charge on any atom is -0.447 e. The number of hydrogen-bond acceptors (Lipinski definition) is 8. The summed E-state index contributed by atoms with van der Waals surface area (Å²) in [5, 5.41) is 9.02. The molecule has 1 aromatic carbocycles. The zero-order valence-electron chi connectivity index (χ0n) is 14.8. The van der Waals surface area contributed by atoms with Crippen molar-refractivity contribution >= 4 is 35.2 Å². The molecule has 10 nitrogen and oxygen atoms in total. The zero-order chi connectivity index (χ0) is 21.1. The van der Waals surface area contributed by atoms with E-state index in [9.17, 15) is 22.8 Å². The number of amides is 2. The molecule has 14 heteroatoms. The monoisotopic (exact) mass is 424 g/mol. The number of alkyl halides is 3. The van der Waals surface area contributed by atoms with E-state index in [1.165, 1.54) is 12.1 Å². The molecule has 0 saturated carbocycles. The number of anilines is 1. The first-order valence-electron chi connectivity index (χ1n) is 7.67. The molecule has 1 heterocycles. The van der Waals surface area contributed by atoms with Crippen molar-refractivity contribution in [3.63, 3.8) is 0 Å². The maximum Gasteiger partial charge on any atom is 0.573 e. The summed E-state index contributed by atoms with van der Waals surface area (Å²) in [5.74, 6) is -1.53. The Bertz CT molecular complexity index is 802. The number of guanidine groups is 1. The molecular weight excluding hydrogens is 409 g/mol. The number of nitrogens with one attached hydrogen (secondary N) is 4. The highest BCUT2D eigenvalue weighted by molar-refractivity contribution is 6.37. The zero-order valence-corrected chi connectivity index (χ0v) is 15.5. The first-order valence-corrected chi connectivity index (χ1v) is 8.05. The van der Waals surface area contributed by atoms with Crippen molar-refractivity contribution in [2.45, 2.75) is 26.3 Å². The van der Waals surface area contributed by atoms with Crippen LogP contribution in [0.3, 0.4) is 0 Å². The van der Waals surface area contributed by atoms with E-state index in [1.807, 2.05) is 0 Å². The number of ether oxygens (including phenoxy) is 2. The van der Waals surface area contributed by atoms with Crippen molar-refractivity contribution in [3.8, 4) is 5.75 Å². The average molecular weight is 425 g/mol. The second-order valence-electron chi connectivity index (χ2n) is 5.60. The van der Waals surface area contributed by atoms with Gasteiger partial charge in [-0.3, -0.25) is 20.4 Å². The van der Waals surface area contributed by atoms with Crippen molar-refractivity contribution in [2.24, 2.45) is 5.10 Å². The molecule has 2 rings (SSSR count). The first kappa shape index (κ1) is 21.4. The van der Waals surface area contributed by atoms with Gasteiger partial charge >= 0.3 is 12.5 Å². The molecule has 1 aliphatic heterocycles. The fraction of sp³-hybridized carbons (Fsp3) is 0.357. The molecule has 28 heavy (non-hydrogen) atoms. The number of carbonyl (C=O) groups excluding carboxylic acids is 2. The molecule has 0 bridgehead atoms. The lowest BCUT2D eigenvalue weighted by Crippen LogP contribution is -2.45. The van der Waals surface area contributed by atoms with E-state index in [1.54, 1.807) is 13.8 Å². The van der Waals surface area contributed by atoms with E-state index in [0.717, 1.165) is 12.1 Å². The Morgan fingerprint density at radius 2 is 1.96 bits per heavy atom. The maximum absolute atomic E-state index is 12.6. The molecule has 0 aliphatic carbocycles. The number of benzene rings is 1. The van der Waals surface area contributed by atoms with E-state index in [2.05, 4.69) is 31.5 Å². The van der Waals surface area contributed by atoms with Crippen LogP contribution in [0.4, 0.5) is 23.7 Å². The lowest BCUT2D eigenvalue weighted by atomic mass is 10.1. The second kappa shape index (κ2) is 8.39. The molecule has 2 amide bonds. The molecule has 4 N–H and O–H groups in total. The predicted octanol–water partition coefficient (Wildman–Crippen LogP) is 2.15. The van der Waals surface area contributed by atoms with Gasteiger partial charge in [-0.1, -0.05) is 11.6 Å². The molecule has 1 aliphatic rings. The van der Waals surface area contributed by atoms with Crippen LogP contribution in [0.5, 0.6) is 5.75 Å². The van der Waals surface area contributed by atoms with Gasteiger partial charge in [-0.15, -0.1) is 23.8 Å². The van der Waals surface area contributed by atoms with Gasteiger partial charge in [-0.25, -0.2) is 10.3 Å². The van der Waals surface area contributed by atoms with Gasteiger partial charge in [0.25, 0.3) is 5.91 Å². The van der Waals surface area contributed by atoms with Gasteiger partial charge in [-0.05, 0) is 26.0 Å². The van der Waals surface area contributed by atoms with Gasteiger partial charge in [0.2, 0.25) is 5.96 Å². The number of carbonyl (C=O) groups is 2. The van der Waals surface area contributed by atoms with E-state index < -0.39 is 40.9 Å². The van der Waals surface area contributed by atoms with Crippen LogP contribution in [0, 0.1) is 0 Å². The highest BCUT2D eigenvalue weighted by Crippen LogP contribution is 2.38. The third-order valence-electron chi connectivity index (χ3n) is 3.07. The summed E-state index contributed by atoms with van der Waals surface area (Å²) >= 11 is 6.08. The van der Waals surface area contributed by atoms with E-state index in [4.69, 9.17) is 16.3 Å². The van der Waals surface area contributed by atoms with Crippen LogP contribution in [0.2, 0.25) is 5.02 Å². The third kappa shape index (κ3) is 5.53. The summed E-state index contributed by atoms with van der Waals surface area (Å²) in [6.45, 7) is 3.08. The van der Waals surface area contributed by atoms with Crippen LogP contribution < -0.4 is 26.4 Å². The largest absolute Gasteiger partial charge is 0.573 e. The number of rotatable bonds is 4. The van der Waals surface area contributed by atoms with E-state index in [-0.39, 0.29) is 11.5 Å². The molecule has 0 aromatic heterocycles. The number of hydrazone groups is 1. The Hall–Kier alpha value is -2.93. The highest BCUT2D eigenvalue weighted by Gasteiger charge is 2.34. The molecule has 0 saturated heterocycles. The van der Waals surface area contributed by atoms with Crippen LogP contribution in [0.1, 0.15) is 24.2 Å². The molecule has 0 fully saturated rings. The summed E-state index contributed by atoms with van der Waals surface area (Å²) < 4.78 is 46.6. The Kier molecular flexibility index (Phi) is 6.41. The molecule has 0 radical (unpaired) electrons. The predicted molar refractivity (Wildman–Crippen MR) is 92.3 cm³/mol. The summed E-state index contributed by atoms with van der Waals surface area (Å²) in [4.78, 5) is 24.2. The van der Waals surface area contributed by atoms with Gasteiger partial charge in [-0.2, -0.15) is 0 Å². The lowest BCUT2D eigenvalue weighted by Gasteiger charge is -2.18. The van der Waals surface area contributed by atoms with Crippen LogP contribution in [-0.4, -0.2) is 42.5 Å². The summed E-state index contributed by atoms with van der Waals surface area (Å²) in [6.07, 6.45) is -6.67. The lowest BCUT2D eigenvalue weighted by molar-refractivity contribution is -0.274. The standard InChI is InChI=1S/C14H16ClF3N6O4/c1-6(2)27-13(26)19-10-8(28-14(16,17)18)5-4-7(9(10)15)11(25)20-12-21-22-23-24(12)3/h4-6,22-23H,1-3H3,(H,19,26)(H,20,21,25). The third-order valence-corrected chi connectivity index (χ3v) is 3.46. The summed E-state index contributed by atoms with van der Waals surface area (Å²) in [5.41, 5.74) is 4.12. The van der Waals surface area contributed by atoms with Crippen LogP contribution in [0.15, 0.2) is 17.2 Å². The Morgan fingerprint density at radius 1 is 1.29 bits per heavy atom. The Morgan fingerprint density at radius 3 is 2.50 bits per heavy atom. The molecular formula is C14H16ClF3N6O4. The number of hydrogen-bond donors (Lipinski definition) is 4. The molecule has 0 unspecified atom stereocenters. The minimum atomic E-state index is -5.05. The topological polar surface area (TPSA) is 116 Å². The first-order chi connectivity index (χ1) is 13.0. The molecule has 154 valence electrons. The molecule has 0 atom stereocenters. The maximum atomic E-state index is 12.6. The van der Waals surface area contributed by atoms with Crippen molar-refractivity contribution in [1.82, 2.24) is 21.4 Å². The van der Waals surface area contributed by atoms with Crippen LogP contribution in [0.25, 0.3) is 0 Å². The summed E-state index contributed by atoms with van der Waals surface area (Å²) in [6, 6.07) is 1.85. The van der Waals surface area contributed by atoms with Crippen molar-refractivity contribution < 1.29 is 32.2 Å².